The van der Waals surface area contributed by atoms with Crippen molar-refractivity contribution in [3.05, 3.63) is 24.3 Å². The van der Waals surface area contributed by atoms with Gasteiger partial charge in [0.1, 0.15) is 19.3 Å². The molecule has 1 aliphatic carbocycles. The Balaban J connectivity index is 2.42. The smallest absolute Gasteiger partial charge is 0.309 e. The molecule has 0 aliphatic heterocycles. The molecule has 1 rings (SSSR count). The average molecular weight is 443 g/mol. The van der Waals surface area contributed by atoms with E-state index in [0.29, 0.717) is 12.8 Å². The van der Waals surface area contributed by atoms with Crippen LogP contribution in [0.4, 0.5) is 0 Å². The molecule has 0 spiro atoms. The number of unbranched alkanes of at least 4 members (excludes halogenated alkanes) is 2. The molecule has 31 heavy (non-hydrogen) atoms. The molecule has 8 heteroatoms. The number of carbonyl (C=O) groups is 2. The van der Waals surface area contributed by atoms with Gasteiger partial charge in [-0.15, -0.1) is 0 Å². The third-order valence-corrected chi connectivity index (χ3v) is 5.35. The summed E-state index contributed by atoms with van der Waals surface area (Å²) in [6.45, 7) is 2.83. The molecule has 8 nitrogen and oxygen atoms in total. The molecule has 4 N–H and O–H groups in total. The van der Waals surface area contributed by atoms with Gasteiger partial charge in [-0.2, -0.15) is 0 Å². The first-order chi connectivity index (χ1) is 14.7. The highest BCUT2D eigenvalue weighted by Crippen LogP contribution is 2.36. The van der Waals surface area contributed by atoms with E-state index in [0.717, 1.165) is 19.3 Å². The van der Waals surface area contributed by atoms with Crippen LogP contribution < -0.4 is 0 Å². The molecule has 0 aromatic heterocycles. The number of aliphatic hydroxyl groups excluding tert-OH is 4. The largest absolute Gasteiger partial charge is 0.463 e. The monoisotopic (exact) mass is 442 g/mol. The minimum absolute atomic E-state index is 0.00228. The Labute approximate surface area is 184 Å². The number of ether oxygens (including phenoxy) is 2. The first-order valence-electron chi connectivity index (χ1n) is 11.1. The molecule has 1 saturated carbocycles. The van der Waals surface area contributed by atoms with Crippen LogP contribution in [0.3, 0.4) is 0 Å². The maximum absolute atomic E-state index is 11.7. The molecule has 0 heterocycles. The van der Waals surface area contributed by atoms with Crippen molar-refractivity contribution in [2.45, 2.75) is 83.2 Å². The summed E-state index contributed by atoms with van der Waals surface area (Å²) in [4.78, 5) is 22.4. The van der Waals surface area contributed by atoms with Crippen molar-refractivity contribution in [1.29, 1.82) is 0 Å². The van der Waals surface area contributed by atoms with E-state index in [1.165, 1.54) is 6.92 Å². The van der Waals surface area contributed by atoms with Crippen LogP contribution in [0.15, 0.2) is 24.3 Å². The highest BCUT2D eigenvalue weighted by Gasteiger charge is 2.39. The molecule has 6 atom stereocenters. The molecule has 1 fully saturated rings. The Morgan fingerprint density at radius 3 is 2.45 bits per heavy atom. The number of carbonyl (C=O) groups excluding carboxylic acids is 2. The third-order valence-electron chi connectivity index (χ3n) is 5.35. The molecule has 0 bridgehead atoms. The number of aliphatic hydroxyl groups is 4. The van der Waals surface area contributed by atoms with Crippen LogP contribution in [-0.4, -0.2) is 70.0 Å². The molecule has 0 unspecified atom stereocenters. The topological polar surface area (TPSA) is 134 Å². The fourth-order valence-electron chi connectivity index (χ4n) is 3.61. The van der Waals surface area contributed by atoms with Crippen molar-refractivity contribution in [3.63, 3.8) is 0 Å². The lowest BCUT2D eigenvalue weighted by Crippen LogP contribution is -2.24. The van der Waals surface area contributed by atoms with Crippen molar-refractivity contribution in [2.75, 3.05) is 13.2 Å². The average Bonchev–Trinajstić information content (AvgIpc) is 2.98. The Kier molecular flexibility index (Phi) is 13.3. The van der Waals surface area contributed by atoms with Crippen molar-refractivity contribution in [3.8, 4) is 0 Å². The van der Waals surface area contributed by atoms with Crippen LogP contribution in [-0.2, 0) is 19.1 Å². The van der Waals surface area contributed by atoms with E-state index in [1.54, 1.807) is 24.3 Å². The zero-order chi connectivity index (χ0) is 23.2. The fourth-order valence-corrected chi connectivity index (χ4v) is 3.61. The Bertz CT molecular complexity index is 588. The second-order valence-electron chi connectivity index (χ2n) is 8.11. The van der Waals surface area contributed by atoms with Crippen molar-refractivity contribution >= 4 is 11.9 Å². The number of rotatable bonds is 14. The number of hydrogen-bond donors (Lipinski definition) is 4. The zero-order valence-corrected chi connectivity index (χ0v) is 18.6. The minimum atomic E-state index is -1.07. The maximum Gasteiger partial charge on any atom is 0.309 e. The number of allylic oxidation sites excluding steroid dienone is 1. The van der Waals surface area contributed by atoms with Crippen LogP contribution >= 0.6 is 0 Å². The van der Waals surface area contributed by atoms with E-state index in [2.05, 4.69) is 11.7 Å². The van der Waals surface area contributed by atoms with Crippen LogP contribution in [0.1, 0.15) is 58.8 Å². The number of esters is 2. The van der Waals surface area contributed by atoms with Crippen LogP contribution in [0.25, 0.3) is 0 Å². The van der Waals surface area contributed by atoms with Gasteiger partial charge in [0.2, 0.25) is 0 Å². The summed E-state index contributed by atoms with van der Waals surface area (Å²) in [6.07, 6.45) is 8.47. The summed E-state index contributed by atoms with van der Waals surface area (Å²) in [5.41, 5.74) is 0. The van der Waals surface area contributed by atoms with Gasteiger partial charge in [0.05, 0.1) is 24.7 Å². The molecule has 178 valence electrons. The quantitative estimate of drug-likeness (QED) is 0.181. The predicted octanol–water partition coefficient (Wildman–Crippen LogP) is 1.65. The van der Waals surface area contributed by atoms with Crippen molar-refractivity contribution in [2.24, 2.45) is 11.8 Å². The first kappa shape index (κ1) is 27.3. The standard InChI is InChI=1S/C23H38O8/c1-3-4-5-8-17(25)11-12-20-19(21(27)13-22(20)28)9-6-7-10-23(29)31-15-18(26)14-30-16(2)24/h6-7,11-12,17-22,25-28H,3-5,8-10,13-15H2,1-2H3/b7-6-,12-11+/t17-,18+,19+,20-,21+,22-/m1/s1. The van der Waals surface area contributed by atoms with Gasteiger partial charge in [-0.1, -0.05) is 50.5 Å². The van der Waals surface area contributed by atoms with Gasteiger partial charge < -0.3 is 29.9 Å². The lowest BCUT2D eigenvalue weighted by molar-refractivity contribution is -0.150. The minimum Gasteiger partial charge on any atom is -0.463 e. The zero-order valence-electron chi connectivity index (χ0n) is 18.6. The molecule has 0 amide bonds. The Hall–Kier alpha value is -1.74. The predicted molar refractivity (Wildman–Crippen MR) is 115 cm³/mol. The van der Waals surface area contributed by atoms with E-state index >= 15 is 0 Å². The second kappa shape index (κ2) is 15.1. The van der Waals surface area contributed by atoms with Crippen LogP contribution in [0.2, 0.25) is 0 Å². The Morgan fingerprint density at radius 1 is 1.06 bits per heavy atom. The summed E-state index contributed by atoms with van der Waals surface area (Å²) in [6, 6.07) is 0. The van der Waals surface area contributed by atoms with Crippen molar-refractivity contribution in [1.82, 2.24) is 0 Å². The highest BCUT2D eigenvalue weighted by molar-refractivity contribution is 5.71. The molecule has 0 aromatic carbocycles. The molecule has 0 saturated heterocycles. The molecular weight excluding hydrogens is 404 g/mol. The second-order valence-corrected chi connectivity index (χ2v) is 8.11. The summed E-state index contributed by atoms with van der Waals surface area (Å²) in [5.74, 6) is -1.51. The van der Waals surface area contributed by atoms with Gasteiger partial charge in [-0.05, 0) is 18.8 Å². The Morgan fingerprint density at radius 2 is 1.77 bits per heavy atom. The van der Waals surface area contributed by atoms with Crippen molar-refractivity contribution < 1.29 is 39.5 Å². The summed E-state index contributed by atoms with van der Waals surface area (Å²) >= 11 is 0. The van der Waals surface area contributed by atoms with Gasteiger partial charge in [0.25, 0.3) is 0 Å². The van der Waals surface area contributed by atoms with Crippen LogP contribution in [0, 0.1) is 11.8 Å². The van der Waals surface area contributed by atoms with Gasteiger partial charge in [0.15, 0.2) is 0 Å². The molecule has 1 aliphatic rings. The lowest BCUT2D eigenvalue weighted by atomic mass is 9.89. The summed E-state index contributed by atoms with van der Waals surface area (Å²) < 4.78 is 9.53. The number of hydrogen-bond acceptors (Lipinski definition) is 8. The van der Waals surface area contributed by atoms with Gasteiger partial charge in [0, 0.05) is 19.3 Å². The normalized spacial score (nSPS) is 25.7. The summed E-state index contributed by atoms with van der Waals surface area (Å²) in [5, 5.41) is 40.1. The third kappa shape index (κ3) is 11.4. The van der Waals surface area contributed by atoms with E-state index < -0.39 is 36.4 Å². The van der Waals surface area contributed by atoms with Gasteiger partial charge >= 0.3 is 11.9 Å². The lowest BCUT2D eigenvalue weighted by Gasteiger charge is -2.19. The molecule has 0 radical (unpaired) electrons. The fraction of sp³-hybridized carbons (Fsp3) is 0.739. The molecular formula is C23H38O8. The van der Waals surface area contributed by atoms with E-state index in [4.69, 9.17) is 4.74 Å². The van der Waals surface area contributed by atoms with Gasteiger partial charge in [-0.25, -0.2) is 0 Å². The van der Waals surface area contributed by atoms with Gasteiger partial charge in [-0.3, -0.25) is 9.59 Å². The molecule has 0 aromatic rings. The first-order valence-corrected chi connectivity index (χ1v) is 11.1. The van der Waals surface area contributed by atoms with E-state index in [1.807, 2.05) is 0 Å². The van der Waals surface area contributed by atoms with E-state index in [9.17, 15) is 30.0 Å². The SMILES string of the molecule is CCCCC[C@@H](O)/C=C/[C@@H]1[C@H](C/C=C\CC(=O)OC[C@@H](O)COC(C)=O)[C@@H](O)C[C@H]1O. The summed E-state index contributed by atoms with van der Waals surface area (Å²) in [7, 11) is 0. The highest BCUT2D eigenvalue weighted by atomic mass is 16.6. The van der Waals surface area contributed by atoms with E-state index in [-0.39, 0.29) is 37.9 Å². The van der Waals surface area contributed by atoms with Crippen LogP contribution in [0.5, 0.6) is 0 Å². The maximum atomic E-state index is 11.7.